The van der Waals surface area contributed by atoms with Gasteiger partial charge in [0.05, 0.1) is 11.6 Å². The number of hydrogen-bond donors (Lipinski definition) is 0. The highest BCUT2D eigenvalue weighted by molar-refractivity contribution is 6.33. The first-order chi connectivity index (χ1) is 9.04. The fraction of sp³-hybridized carbons (Fsp3) is 0.364. The second kappa shape index (κ2) is 4.27. The lowest BCUT2D eigenvalue weighted by molar-refractivity contribution is 0.629. The van der Waals surface area contributed by atoms with Crippen LogP contribution < -0.4 is 0 Å². The molecule has 0 aliphatic heterocycles. The number of fused-ring (bicyclic) bond motifs is 1. The Hall–Kier alpha value is -2.02. The Morgan fingerprint density at radius 2 is 2.00 bits per heavy atom. The molecule has 3 rings (SSSR count). The van der Waals surface area contributed by atoms with Crippen LogP contribution >= 0.6 is 11.6 Å². The van der Waals surface area contributed by atoms with Crippen LogP contribution in [0.15, 0.2) is 6.20 Å². The summed E-state index contributed by atoms with van der Waals surface area (Å²) < 4.78 is 3.43. The number of aromatic nitrogens is 7. The quantitative estimate of drug-likeness (QED) is 0.660. The molecule has 3 heterocycles. The predicted octanol–water partition coefficient (Wildman–Crippen LogP) is 1.27. The molecule has 3 aromatic heterocycles. The number of aryl methyl sites for hydroxylation is 3. The highest BCUT2D eigenvalue weighted by atomic mass is 35.5. The smallest absolute Gasteiger partial charge is 0.162 e. The number of hydrogen-bond acceptors (Lipinski definition) is 5. The van der Waals surface area contributed by atoms with Gasteiger partial charge in [-0.1, -0.05) is 11.6 Å². The monoisotopic (exact) mass is 277 g/mol. The van der Waals surface area contributed by atoms with E-state index >= 15 is 0 Å². The molecule has 0 aliphatic rings. The minimum Gasteiger partial charge on any atom is -0.250 e. The third-order valence-corrected chi connectivity index (χ3v) is 3.13. The van der Waals surface area contributed by atoms with Crippen LogP contribution in [0.3, 0.4) is 0 Å². The molecule has 0 saturated carbocycles. The van der Waals surface area contributed by atoms with E-state index in [0.29, 0.717) is 23.2 Å². The SMILES string of the molecule is Cc1nc(C)n(Cc2nc(Cl)c3cnn(C)c3n2)n1. The van der Waals surface area contributed by atoms with Gasteiger partial charge in [-0.15, -0.1) is 0 Å². The van der Waals surface area contributed by atoms with Crippen LogP contribution in [-0.4, -0.2) is 34.5 Å². The van der Waals surface area contributed by atoms with Crippen molar-refractivity contribution in [3.05, 3.63) is 28.8 Å². The Bertz CT molecular complexity index is 758. The van der Waals surface area contributed by atoms with E-state index in [2.05, 4.69) is 25.1 Å². The summed E-state index contributed by atoms with van der Waals surface area (Å²) in [6.45, 7) is 4.18. The van der Waals surface area contributed by atoms with Crippen molar-refractivity contribution in [1.82, 2.24) is 34.5 Å². The van der Waals surface area contributed by atoms with Crippen LogP contribution in [0.2, 0.25) is 5.15 Å². The summed E-state index contributed by atoms with van der Waals surface area (Å²) in [6, 6.07) is 0. The van der Waals surface area contributed by atoms with E-state index in [9.17, 15) is 0 Å². The van der Waals surface area contributed by atoms with Gasteiger partial charge in [-0.05, 0) is 13.8 Å². The van der Waals surface area contributed by atoms with Crippen molar-refractivity contribution < 1.29 is 0 Å². The first kappa shape index (κ1) is 12.0. The molecule has 0 aromatic carbocycles. The molecule has 0 bridgehead atoms. The molecular formula is C11H12ClN7. The van der Waals surface area contributed by atoms with E-state index in [0.717, 1.165) is 17.0 Å². The first-order valence-electron chi connectivity index (χ1n) is 5.77. The van der Waals surface area contributed by atoms with Crippen LogP contribution in [-0.2, 0) is 13.6 Å². The van der Waals surface area contributed by atoms with Crippen LogP contribution in [0.5, 0.6) is 0 Å². The molecule has 0 saturated heterocycles. The van der Waals surface area contributed by atoms with Gasteiger partial charge in [-0.25, -0.2) is 19.6 Å². The van der Waals surface area contributed by atoms with E-state index in [-0.39, 0.29) is 0 Å². The molecule has 0 fully saturated rings. The molecule has 7 nitrogen and oxygen atoms in total. The second-order valence-electron chi connectivity index (χ2n) is 4.30. The zero-order valence-corrected chi connectivity index (χ0v) is 11.5. The highest BCUT2D eigenvalue weighted by Gasteiger charge is 2.11. The van der Waals surface area contributed by atoms with Gasteiger partial charge in [0.2, 0.25) is 0 Å². The second-order valence-corrected chi connectivity index (χ2v) is 4.66. The summed E-state index contributed by atoms with van der Waals surface area (Å²) in [5.41, 5.74) is 0.712. The molecular weight excluding hydrogens is 266 g/mol. The van der Waals surface area contributed by atoms with Crippen LogP contribution in [0.1, 0.15) is 17.5 Å². The van der Waals surface area contributed by atoms with E-state index in [1.54, 1.807) is 15.6 Å². The van der Waals surface area contributed by atoms with E-state index in [1.807, 2.05) is 20.9 Å². The summed E-state index contributed by atoms with van der Waals surface area (Å²) in [4.78, 5) is 13.0. The van der Waals surface area contributed by atoms with Gasteiger partial charge >= 0.3 is 0 Å². The third-order valence-electron chi connectivity index (χ3n) is 2.85. The fourth-order valence-electron chi connectivity index (χ4n) is 1.95. The van der Waals surface area contributed by atoms with Crippen LogP contribution in [0.4, 0.5) is 0 Å². The third kappa shape index (κ3) is 2.06. The van der Waals surface area contributed by atoms with E-state index in [1.165, 1.54) is 0 Å². The Morgan fingerprint density at radius 1 is 1.21 bits per heavy atom. The molecule has 0 radical (unpaired) electrons. The van der Waals surface area contributed by atoms with Crippen molar-refractivity contribution in [2.45, 2.75) is 20.4 Å². The van der Waals surface area contributed by atoms with Gasteiger partial charge in [-0.2, -0.15) is 10.2 Å². The lowest BCUT2D eigenvalue weighted by Crippen LogP contribution is -2.09. The highest BCUT2D eigenvalue weighted by Crippen LogP contribution is 2.19. The number of halogens is 1. The molecule has 3 aromatic rings. The van der Waals surface area contributed by atoms with Gasteiger partial charge in [0.25, 0.3) is 0 Å². The molecule has 0 spiro atoms. The summed E-state index contributed by atoms with van der Waals surface area (Å²) in [6.07, 6.45) is 1.66. The Balaban J connectivity index is 2.06. The average molecular weight is 278 g/mol. The van der Waals surface area contributed by atoms with Gasteiger partial charge in [-0.3, -0.25) is 4.68 Å². The minimum atomic E-state index is 0.405. The van der Waals surface area contributed by atoms with Gasteiger partial charge in [0.1, 0.15) is 23.3 Å². The molecule has 0 atom stereocenters. The largest absolute Gasteiger partial charge is 0.250 e. The zero-order valence-electron chi connectivity index (χ0n) is 10.8. The molecule has 0 unspecified atom stereocenters. The topological polar surface area (TPSA) is 74.3 Å². The van der Waals surface area contributed by atoms with Crippen molar-refractivity contribution in [2.75, 3.05) is 0 Å². The Kier molecular flexibility index (Phi) is 2.70. The standard InChI is InChI=1S/C11H12ClN7/c1-6-14-7(2)19(17-6)5-9-15-10(12)8-4-13-18(3)11(8)16-9/h4H,5H2,1-3H3. The Labute approximate surface area is 114 Å². The van der Waals surface area contributed by atoms with Crippen molar-refractivity contribution in [1.29, 1.82) is 0 Å². The lowest BCUT2D eigenvalue weighted by atomic mass is 10.4. The van der Waals surface area contributed by atoms with Gasteiger partial charge in [0, 0.05) is 7.05 Å². The maximum Gasteiger partial charge on any atom is 0.162 e. The average Bonchev–Trinajstić information content (AvgIpc) is 2.84. The van der Waals surface area contributed by atoms with Crippen molar-refractivity contribution in [3.63, 3.8) is 0 Å². The molecule has 0 aliphatic carbocycles. The molecule has 0 N–H and O–H groups in total. The summed E-state index contributed by atoms with van der Waals surface area (Å²) in [5.74, 6) is 2.14. The normalized spacial score (nSPS) is 11.4. The summed E-state index contributed by atoms with van der Waals surface area (Å²) in [5, 5.41) is 9.56. The molecule has 19 heavy (non-hydrogen) atoms. The van der Waals surface area contributed by atoms with Crippen LogP contribution in [0, 0.1) is 13.8 Å². The fourth-order valence-corrected chi connectivity index (χ4v) is 2.18. The zero-order chi connectivity index (χ0) is 13.6. The van der Waals surface area contributed by atoms with E-state index < -0.39 is 0 Å². The predicted molar refractivity (Wildman–Crippen MR) is 69.9 cm³/mol. The van der Waals surface area contributed by atoms with Crippen molar-refractivity contribution in [3.8, 4) is 0 Å². The first-order valence-corrected chi connectivity index (χ1v) is 6.14. The summed E-state index contributed by atoms with van der Waals surface area (Å²) in [7, 11) is 1.82. The molecule has 98 valence electrons. The van der Waals surface area contributed by atoms with E-state index in [4.69, 9.17) is 11.6 Å². The Morgan fingerprint density at radius 3 is 2.68 bits per heavy atom. The maximum atomic E-state index is 6.14. The molecule has 0 amide bonds. The van der Waals surface area contributed by atoms with Gasteiger partial charge < -0.3 is 0 Å². The number of nitrogens with zero attached hydrogens (tertiary/aromatic N) is 7. The maximum absolute atomic E-state index is 6.14. The van der Waals surface area contributed by atoms with Crippen molar-refractivity contribution >= 4 is 22.6 Å². The summed E-state index contributed by atoms with van der Waals surface area (Å²) >= 11 is 6.14. The van der Waals surface area contributed by atoms with Crippen LogP contribution in [0.25, 0.3) is 11.0 Å². The minimum absolute atomic E-state index is 0.405. The lowest BCUT2D eigenvalue weighted by Gasteiger charge is -2.03. The van der Waals surface area contributed by atoms with Crippen molar-refractivity contribution in [2.24, 2.45) is 7.05 Å². The molecule has 8 heteroatoms. The number of rotatable bonds is 2. The van der Waals surface area contributed by atoms with Gasteiger partial charge in [0.15, 0.2) is 11.5 Å².